The van der Waals surface area contributed by atoms with Crippen LogP contribution in [0, 0.1) is 18.8 Å². The fraction of sp³-hybridized carbons (Fsp3) is 0.400. The first-order valence-electron chi connectivity index (χ1n) is 15.4. The number of Topliss-reactive ketones (excluding diaryl/α,β-unsaturated/α-hetero) is 1. The molecule has 7 heteroatoms. The number of ketones is 1. The van der Waals surface area contributed by atoms with E-state index in [-0.39, 0.29) is 12.1 Å². The van der Waals surface area contributed by atoms with Crippen molar-refractivity contribution in [2.45, 2.75) is 51.6 Å². The lowest BCUT2D eigenvalue weighted by Gasteiger charge is -2.33. The van der Waals surface area contributed by atoms with Crippen molar-refractivity contribution < 1.29 is 9.53 Å². The van der Waals surface area contributed by atoms with Crippen LogP contribution in [0.2, 0.25) is 5.02 Å². The average Bonchev–Trinajstić information content (AvgIpc) is 3.59. The molecule has 3 heterocycles. The number of piperidine rings is 1. The number of aryl methyl sites for hydroxylation is 2. The first-order chi connectivity index (χ1) is 20.6. The summed E-state index contributed by atoms with van der Waals surface area (Å²) in [6.07, 6.45) is 7.50. The molecule has 6 rings (SSSR count). The van der Waals surface area contributed by atoms with E-state index in [2.05, 4.69) is 76.1 Å². The van der Waals surface area contributed by atoms with Crippen molar-refractivity contribution in [2.75, 3.05) is 36.5 Å². The molecule has 2 atom stereocenters. The highest BCUT2D eigenvalue weighted by atomic mass is 35.5. The topological polar surface area (TPSA) is 69.4 Å². The molecule has 0 bridgehead atoms. The number of para-hydroxylation sites is 2. The number of aromatic nitrogens is 1. The number of H-pyrrole nitrogens is 1. The van der Waals surface area contributed by atoms with E-state index < -0.39 is 0 Å². The van der Waals surface area contributed by atoms with Gasteiger partial charge in [-0.1, -0.05) is 41.9 Å². The molecule has 3 N–H and O–H groups in total. The molecule has 0 aliphatic carbocycles. The predicted molar refractivity (Wildman–Crippen MR) is 173 cm³/mol. The van der Waals surface area contributed by atoms with Crippen molar-refractivity contribution in [3.05, 3.63) is 89.1 Å². The standard InChI is InChI=1S/C35H41ClN4O2/c1-24-6-4-10-32-35(24)40(34(39-32)23-42-28-14-12-27(36)13-15-28)21-18-30(25-16-19-37-20-17-25)33(41)11-5-7-26-22-38-31-9-3-2-8-29(26)31/h2-4,6,8-10,12-15,22,25,30,34,37-39H,5,7,11,16-21,23H2,1H3. The summed E-state index contributed by atoms with van der Waals surface area (Å²) in [6.45, 7) is 5.45. The van der Waals surface area contributed by atoms with E-state index in [4.69, 9.17) is 16.3 Å². The maximum atomic E-state index is 13.9. The summed E-state index contributed by atoms with van der Waals surface area (Å²) in [4.78, 5) is 19.7. The van der Waals surface area contributed by atoms with Crippen molar-refractivity contribution in [1.82, 2.24) is 10.3 Å². The Hall–Kier alpha value is -3.48. The molecule has 3 aromatic carbocycles. The molecule has 220 valence electrons. The Morgan fingerprint density at radius 1 is 1.05 bits per heavy atom. The van der Waals surface area contributed by atoms with Gasteiger partial charge < -0.3 is 25.3 Å². The third-order valence-electron chi connectivity index (χ3n) is 9.04. The Labute approximate surface area is 253 Å². The quantitative estimate of drug-likeness (QED) is 0.162. The largest absolute Gasteiger partial charge is 0.489 e. The van der Waals surface area contributed by atoms with Gasteiger partial charge in [0.1, 0.15) is 24.3 Å². The van der Waals surface area contributed by atoms with E-state index in [1.807, 2.05) is 24.3 Å². The fourth-order valence-corrected chi connectivity index (χ4v) is 6.96. The van der Waals surface area contributed by atoms with Crippen LogP contribution in [0.15, 0.2) is 72.9 Å². The van der Waals surface area contributed by atoms with Crippen molar-refractivity contribution in [3.8, 4) is 5.75 Å². The van der Waals surface area contributed by atoms with E-state index in [1.165, 1.54) is 22.2 Å². The summed E-state index contributed by atoms with van der Waals surface area (Å²) >= 11 is 6.07. The van der Waals surface area contributed by atoms with Crippen LogP contribution in [0.25, 0.3) is 10.9 Å². The molecule has 1 fully saturated rings. The molecule has 2 unspecified atom stereocenters. The van der Waals surface area contributed by atoms with Crippen LogP contribution >= 0.6 is 11.6 Å². The minimum absolute atomic E-state index is 0.0116. The number of nitrogens with one attached hydrogen (secondary N) is 3. The van der Waals surface area contributed by atoms with Crippen LogP contribution < -0.4 is 20.3 Å². The zero-order chi connectivity index (χ0) is 28.9. The molecule has 0 spiro atoms. The monoisotopic (exact) mass is 584 g/mol. The lowest BCUT2D eigenvalue weighted by Crippen LogP contribution is -2.43. The SMILES string of the molecule is Cc1cccc2c1N(CCC(C(=O)CCCc1c[nH]c3ccccc13)C1CCNCC1)C(COc1ccc(Cl)cc1)N2. The number of aromatic amines is 1. The van der Waals surface area contributed by atoms with Gasteiger partial charge in [-0.25, -0.2) is 0 Å². The molecule has 1 saturated heterocycles. The maximum Gasteiger partial charge on any atom is 0.136 e. The smallest absolute Gasteiger partial charge is 0.136 e. The van der Waals surface area contributed by atoms with Crippen molar-refractivity contribution in [3.63, 3.8) is 0 Å². The molecule has 6 nitrogen and oxygen atoms in total. The van der Waals surface area contributed by atoms with E-state index in [0.29, 0.717) is 29.8 Å². The molecule has 2 aliphatic rings. The molecule has 2 aliphatic heterocycles. The first kappa shape index (κ1) is 28.6. The zero-order valence-corrected chi connectivity index (χ0v) is 25.1. The second-order valence-corrected chi connectivity index (χ2v) is 12.2. The summed E-state index contributed by atoms with van der Waals surface area (Å²) in [6, 6.07) is 22.3. The van der Waals surface area contributed by atoms with Gasteiger partial charge in [-0.15, -0.1) is 0 Å². The number of hydrogen-bond donors (Lipinski definition) is 3. The molecule has 0 saturated carbocycles. The number of hydrogen-bond acceptors (Lipinski definition) is 5. The number of fused-ring (bicyclic) bond motifs is 2. The van der Waals surface area contributed by atoms with Crippen molar-refractivity contribution in [2.24, 2.45) is 11.8 Å². The third kappa shape index (κ3) is 6.45. The van der Waals surface area contributed by atoms with Crippen molar-refractivity contribution >= 4 is 39.7 Å². The van der Waals surface area contributed by atoms with E-state index in [1.54, 1.807) is 0 Å². The van der Waals surface area contributed by atoms with Gasteiger partial charge >= 0.3 is 0 Å². The maximum absolute atomic E-state index is 13.9. The van der Waals surface area contributed by atoms with Gasteiger partial charge in [0.05, 0.1) is 11.4 Å². The number of ether oxygens (including phenoxy) is 1. The van der Waals surface area contributed by atoms with Gasteiger partial charge in [-0.2, -0.15) is 0 Å². The highest BCUT2D eigenvalue weighted by Crippen LogP contribution is 2.39. The Kier molecular flexibility index (Phi) is 9.01. The minimum atomic E-state index is -0.0116. The number of carbonyl (C=O) groups excluding carboxylic acids is 1. The Balaban J connectivity index is 1.14. The average molecular weight is 585 g/mol. The van der Waals surface area contributed by atoms with Crippen molar-refractivity contribution in [1.29, 1.82) is 0 Å². The summed E-state index contributed by atoms with van der Waals surface area (Å²) in [5.41, 5.74) is 6.05. The molecule has 42 heavy (non-hydrogen) atoms. The number of nitrogens with zero attached hydrogens (tertiary/aromatic N) is 1. The Morgan fingerprint density at radius 3 is 2.69 bits per heavy atom. The highest BCUT2D eigenvalue weighted by Gasteiger charge is 2.34. The molecule has 0 radical (unpaired) electrons. The van der Waals surface area contributed by atoms with Gasteiger partial charge in [0.15, 0.2) is 0 Å². The second-order valence-electron chi connectivity index (χ2n) is 11.8. The van der Waals surface area contributed by atoms with Gasteiger partial charge in [0.25, 0.3) is 0 Å². The van der Waals surface area contributed by atoms with Crippen LogP contribution in [0.1, 0.15) is 43.2 Å². The van der Waals surface area contributed by atoms with Gasteiger partial charge in [0.2, 0.25) is 0 Å². The van der Waals surface area contributed by atoms with Gasteiger partial charge in [0, 0.05) is 41.0 Å². The molecular formula is C35H41ClN4O2. The van der Waals surface area contributed by atoms with Crippen LogP contribution in [0.5, 0.6) is 5.75 Å². The first-order valence-corrected chi connectivity index (χ1v) is 15.7. The van der Waals surface area contributed by atoms with E-state index in [0.717, 1.165) is 68.7 Å². The fourth-order valence-electron chi connectivity index (χ4n) is 6.84. The number of carbonyl (C=O) groups is 1. The molecular weight excluding hydrogens is 544 g/mol. The molecule has 0 amide bonds. The molecule has 1 aromatic heterocycles. The van der Waals surface area contributed by atoms with Gasteiger partial charge in [-0.3, -0.25) is 4.79 Å². The second kappa shape index (κ2) is 13.2. The third-order valence-corrected chi connectivity index (χ3v) is 9.29. The van der Waals surface area contributed by atoms with E-state index >= 15 is 0 Å². The lowest BCUT2D eigenvalue weighted by molar-refractivity contribution is -0.125. The number of benzene rings is 3. The Morgan fingerprint density at radius 2 is 1.86 bits per heavy atom. The van der Waals surface area contributed by atoms with Crippen LogP contribution in [0.4, 0.5) is 11.4 Å². The highest BCUT2D eigenvalue weighted by molar-refractivity contribution is 6.30. The summed E-state index contributed by atoms with van der Waals surface area (Å²) in [5, 5.41) is 9.13. The normalized spacial score (nSPS) is 17.7. The summed E-state index contributed by atoms with van der Waals surface area (Å²) in [7, 11) is 0. The summed E-state index contributed by atoms with van der Waals surface area (Å²) < 4.78 is 6.20. The Bertz CT molecular complexity index is 1490. The summed E-state index contributed by atoms with van der Waals surface area (Å²) in [5.74, 6) is 1.73. The zero-order valence-electron chi connectivity index (χ0n) is 24.4. The van der Waals surface area contributed by atoms with Crippen LogP contribution in [-0.4, -0.2) is 43.2 Å². The van der Waals surface area contributed by atoms with E-state index in [9.17, 15) is 4.79 Å². The number of anilines is 2. The number of rotatable bonds is 12. The molecule has 4 aromatic rings. The lowest BCUT2D eigenvalue weighted by atomic mass is 9.78. The minimum Gasteiger partial charge on any atom is -0.489 e. The van der Waals surface area contributed by atoms with Crippen LogP contribution in [0.3, 0.4) is 0 Å². The van der Waals surface area contributed by atoms with Gasteiger partial charge in [-0.05, 0) is 106 Å². The predicted octanol–water partition coefficient (Wildman–Crippen LogP) is 7.36. The number of halogens is 1. The van der Waals surface area contributed by atoms with Crippen LogP contribution in [-0.2, 0) is 11.2 Å².